The van der Waals surface area contributed by atoms with Gasteiger partial charge in [-0.3, -0.25) is 4.79 Å². The molecule has 19 heavy (non-hydrogen) atoms. The maximum Gasteiger partial charge on any atom is 0.308 e. The first-order chi connectivity index (χ1) is 9.17. The molecule has 5 heteroatoms. The summed E-state index contributed by atoms with van der Waals surface area (Å²) < 4.78 is 9.97. The Morgan fingerprint density at radius 2 is 2.21 bits per heavy atom. The number of hydrogen-bond acceptors (Lipinski definition) is 4. The molecule has 0 aliphatic rings. The molecule has 1 aromatic rings. The molecule has 0 saturated heterocycles. The minimum absolute atomic E-state index is 0.215. The monoisotopic (exact) mass is 285 g/mol. The van der Waals surface area contributed by atoms with Gasteiger partial charge in [-0.1, -0.05) is 24.6 Å². The molecule has 0 aliphatic carbocycles. The van der Waals surface area contributed by atoms with E-state index in [1.807, 2.05) is 18.2 Å². The second-order valence-corrected chi connectivity index (χ2v) is 4.52. The van der Waals surface area contributed by atoms with Crippen LogP contribution in [0.1, 0.15) is 25.3 Å². The van der Waals surface area contributed by atoms with Crippen LogP contribution in [0, 0.1) is 0 Å². The fourth-order valence-electron chi connectivity index (χ4n) is 1.53. The number of nitrogens with one attached hydrogen (secondary N) is 1. The van der Waals surface area contributed by atoms with Gasteiger partial charge in [0.15, 0.2) is 0 Å². The Labute approximate surface area is 119 Å². The van der Waals surface area contributed by atoms with Crippen molar-refractivity contribution in [3.63, 3.8) is 0 Å². The quantitative estimate of drug-likeness (QED) is 0.589. The fraction of sp³-hybridized carbons (Fsp3) is 0.500. The van der Waals surface area contributed by atoms with E-state index in [-0.39, 0.29) is 19.0 Å². The normalized spacial score (nSPS) is 10.3. The third-order valence-electron chi connectivity index (χ3n) is 2.54. The molecule has 0 atom stereocenters. The Balaban J connectivity index is 2.45. The summed E-state index contributed by atoms with van der Waals surface area (Å²) in [5.41, 5.74) is 1.11. The van der Waals surface area contributed by atoms with Crippen molar-refractivity contribution >= 4 is 17.6 Å². The highest BCUT2D eigenvalue weighted by atomic mass is 35.5. The van der Waals surface area contributed by atoms with Crippen molar-refractivity contribution in [2.75, 3.05) is 20.3 Å². The number of carbonyl (C=O) groups is 1. The van der Waals surface area contributed by atoms with Gasteiger partial charge in [0, 0.05) is 6.54 Å². The van der Waals surface area contributed by atoms with Crippen LogP contribution in [-0.4, -0.2) is 26.2 Å². The van der Waals surface area contributed by atoms with Crippen LogP contribution in [-0.2, 0) is 16.1 Å². The van der Waals surface area contributed by atoms with Gasteiger partial charge in [0.1, 0.15) is 5.75 Å². The summed E-state index contributed by atoms with van der Waals surface area (Å²) in [7, 11) is 1.35. The van der Waals surface area contributed by atoms with Crippen molar-refractivity contribution in [2.24, 2.45) is 0 Å². The Morgan fingerprint density at radius 1 is 1.42 bits per heavy atom. The zero-order valence-corrected chi connectivity index (χ0v) is 12.1. The molecule has 1 aromatic carbocycles. The largest absolute Gasteiger partial charge is 0.491 e. The predicted molar refractivity (Wildman–Crippen MR) is 75.6 cm³/mol. The molecule has 0 aliphatic heterocycles. The van der Waals surface area contributed by atoms with Gasteiger partial charge < -0.3 is 14.8 Å². The molecule has 0 heterocycles. The van der Waals surface area contributed by atoms with Crippen LogP contribution < -0.4 is 10.1 Å². The Bertz CT molecular complexity index is 410. The first kappa shape index (κ1) is 15.8. The molecule has 106 valence electrons. The van der Waals surface area contributed by atoms with Gasteiger partial charge in [-0.25, -0.2) is 0 Å². The van der Waals surface area contributed by atoms with Gasteiger partial charge in [-0.2, -0.15) is 0 Å². The number of esters is 1. The number of hydrogen-bond donors (Lipinski definition) is 1. The maximum atomic E-state index is 10.9. The summed E-state index contributed by atoms with van der Waals surface area (Å²) in [6.45, 7) is 4.16. The lowest BCUT2D eigenvalue weighted by molar-refractivity contribution is -0.141. The molecule has 1 rings (SSSR count). The Hall–Kier alpha value is -1.26. The molecule has 0 amide bonds. The van der Waals surface area contributed by atoms with Crippen LogP contribution in [0.5, 0.6) is 5.75 Å². The molecule has 0 fully saturated rings. The van der Waals surface area contributed by atoms with Crippen molar-refractivity contribution < 1.29 is 14.3 Å². The first-order valence-electron chi connectivity index (χ1n) is 6.36. The highest BCUT2D eigenvalue weighted by molar-refractivity contribution is 6.32. The van der Waals surface area contributed by atoms with E-state index in [9.17, 15) is 4.79 Å². The van der Waals surface area contributed by atoms with E-state index in [0.29, 0.717) is 10.8 Å². The minimum atomic E-state index is -0.295. The van der Waals surface area contributed by atoms with Gasteiger partial charge in [0.05, 0.1) is 25.2 Å². The Kier molecular flexibility index (Phi) is 7.30. The van der Waals surface area contributed by atoms with Crippen molar-refractivity contribution in [3.05, 3.63) is 28.8 Å². The highest BCUT2D eigenvalue weighted by Gasteiger charge is 2.05. The minimum Gasteiger partial charge on any atom is -0.491 e. The van der Waals surface area contributed by atoms with Gasteiger partial charge in [0.2, 0.25) is 0 Å². The molecule has 1 N–H and O–H groups in total. The van der Waals surface area contributed by atoms with Crippen LogP contribution in [0.15, 0.2) is 18.2 Å². The molecule has 0 radical (unpaired) electrons. The van der Waals surface area contributed by atoms with E-state index < -0.39 is 0 Å². The summed E-state index contributed by atoms with van der Waals surface area (Å²) in [5.74, 6) is 0.293. The van der Waals surface area contributed by atoms with Gasteiger partial charge in [0.25, 0.3) is 0 Å². The van der Waals surface area contributed by atoms with Crippen LogP contribution in [0.25, 0.3) is 0 Å². The molecule has 0 bridgehead atoms. The molecule has 0 unspecified atom stereocenters. The lowest BCUT2D eigenvalue weighted by atomic mass is 10.2. The number of methoxy groups -OCH3 is 1. The third-order valence-corrected chi connectivity index (χ3v) is 2.84. The van der Waals surface area contributed by atoms with Crippen LogP contribution >= 0.6 is 11.6 Å². The molecule has 4 nitrogen and oxygen atoms in total. The van der Waals surface area contributed by atoms with Crippen molar-refractivity contribution in [1.82, 2.24) is 5.32 Å². The number of halogens is 1. The molecule has 0 aromatic heterocycles. The second kappa shape index (κ2) is 8.77. The standard InChI is InChI=1S/C14H20ClNO3/c1-3-7-16-10-11-4-5-13(12(15)9-11)19-8-6-14(17)18-2/h4-5,9,16H,3,6-8,10H2,1-2H3. The van der Waals surface area contributed by atoms with Gasteiger partial charge >= 0.3 is 5.97 Å². The van der Waals surface area contributed by atoms with Crippen LogP contribution in [0.4, 0.5) is 0 Å². The number of carbonyl (C=O) groups excluding carboxylic acids is 1. The number of rotatable bonds is 8. The maximum absolute atomic E-state index is 10.9. The summed E-state index contributed by atoms with van der Waals surface area (Å²) in [6.07, 6.45) is 1.31. The summed E-state index contributed by atoms with van der Waals surface area (Å²) >= 11 is 6.12. The van der Waals surface area contributed by atoms with E-state index in [1.165, 1.54) is 7.11 Å². The zero-order valence-electron chi connectivity index (χ0n) is 11.4. The first-order valence-corrected chi connectivity index (χ1v) is 6.74. The van der Waals surface area contributed by atoms with Gasteiger partial charge in [-0.15, -0.1) is 0 Å². The van der Waals surface area contributed by atoms with E-state index in [4.69, 9.17) is 16.3 Å². The average Bonchev–Trinajstić information content (AvgIpc) is 2.41. The van der Waals surface area contributed by atoms with E-state index in [2.05, 4.69) is 17.0 Å². The third kappa shape index (κ3) is 5.94. The molecule has 0 spiro atoms. The van der Waals surface area contributed by atoms with Crippen LogP contribution in [0.2, 0.25) is 5.02 Å². The Morgan fingerprint density at radius 3 is 2.84 bits per heavy atom. The summed E-state index contributed by atoms with van der Waals surface area (Å²) in [6, 6.07) is 5.66. The fourth-order valence-corrected chi connectivity index (χ4v) is 1.78. The van der Waals surface area contributed by atoms with E-state index in [1.54, 1.807) is 0 Å². The molecular formula is C14H20ClNO3. The van der Waals surface area contributed by atoms with Crippen molar-refractivity contribution in [2.45, 2.75) is 26.3 Å². The lowest BCUT2D eigenvalue weighted by Crippen LogP contribution is -2.13. The van der Waals surface area contributed by atoms with Gasteiger partial charge in [-0.05, 0) is 30.7 Å². The average molecular weight is 286 g/mol. The lowest BCUT2D eigenvalue weighted by Gasteiger charge is -2.09. The highest BCUT2D eigenvalue weighted by Crippen LogP contribution is 2.25. The summed E-state index contributed by atoms with van der Waals surface area (Å²) in [5, 5.41) is 3.86. The smallest absolute Gasteiger partial charge is 0.308 e. The second-order valence-electron chi connectivity index (χ2n) is 4.12. The van der Waals surface area contributed by atoms with E-state index in [0.717, 1.165) is 25.1 Å². The topological polar surface area (TPSA) is 47.6 Å². The number of benzene rings is 1. The van der Waals surface area contributed by atoms with Crippen LogP contribution in [0.3, 0.4) is 0 Å². The summed E-state index contributed by atoms with van der Waals surface area (Å²) in [4.78, 5) is 10.9. The molecular weight excluding hydrogens is 266 g/mol. The SMILES string of the molecule is CCCNCc1ccc(OCCC(=O)OC)c(Cl)c1. The zero-order chi connectivity index (χ0) is 14.1. The van der Waals surface area contributed by atoms with E-state index >= 15 is 0 Å². The molecule has 0 saturated carbocycles. The predicted octanol–water partition coefficient (Wildman–Crippen LogP) is 2.78. The number of ether oxygens (including phenoxy) is 2. The van der Waals surface area contributed by atoms with Crippen molar-refractivity contribution in [3.8, 4) is 5.75 Å². The van der Waals surface area contributed by atoms with Crippen molar-refractivity contribution in [1.29, 1.82) is 0 Å².